The SMILES string of the molecule is C[C@@H](O)CC(=O)N(O)CCC[C@@H](NC(=O)[C@H](CC(=O)O)NC(=O)[C@@H]1CCNc2c(NC(=O)C[C@H](O)C(N)=O)cc3cc(O)c(=O)cc-3n21)C(=O)N[C@H](CCN)C(=O)N[C@H](C(=O)NCC(=O)N[C@@H](CO)C(=O)N[C@@H](CO)C(=O)N[C@H](C(=O)N[C@H](C(=O)O)[C@@H](C)O)[C@H](O)C(=O)O)[C@@H](C)O. The number of nitrogens with one attached hydrogen (secondary N) is 11. The second kappa shape index (κ2) is 37.7. The molecular formula is C54H79N15O28. The minimum absolute atomic E-state index is 0.0226. The highest BCUT2D eigenvalue weighted by atomic mass is 16.5. The van der Waals surface area contributed by atoms with Crippen LogP contribution in [0, 0.1) is 0 Å². The summed E-state index contributed by atoms with van der Waals surface area (Å²) < 4.78 is 1.17. The van der Waals surface area contributed by atoms with Gasteiger partial charge in [-0.05, 0) is 65.1 Å². The minimum Gasteiger partial charge on any atom is -0.504 e. The first kappa shape index (κ1) is 81.0. The average Bonchev–Trinajstić information content (AvgIpc) is 0.749. The van der Waals surface area contributed by atoms with Gasteiger partial charge >= 0.3 is 17.9 Å². The Hall–Kier alpha value is -10.3. The summed E-state index contributed by atoms with van der Waals surface area (Å²) in [6, 6.07) is -14.9. The lowest BCUT2D eigenvalue weighted by Crippen LogP contribution is -2.63. The number of primary amides is 1. The zero-order chi connectivity index (χ0) is 73.5. The number of carbonyl (C=O) groups is 15. The van der Waals surface area contributed by atoms with Crippen molar-refractivity contribution >= 4 is 100 Å². The second-order valence-electron chi connectivity index (χ2n) is 22.0. The van der Waals surface area contributed by atoms with Crippen LogP contribution in [-0.2, 0) is 71.9 Å². The van der Waals surface area contributed by atoms with E-state index >= 15 is 0 Å². The fraction of sp³-hybridized carbons (Fsp3) is 0.556. The predicted octanol–water partition coefficient (Wildman–Crippen LogP) is -11.9. The number of pyridine rings is 1. The van der Waals surface area contributed by atoms with Gasteiger partial charge in [0.25, 0.3) is 0 Å². The molecule has 2 heterocycles. The third kappa shape index (κ3) is 24.2. The van der Waals surface area contributed by atoms with Crippen molar-refractivity contribution in [2.24, 2.45) is 11.5 Å². The van der Waals surface area contributed by atoms with E-state index in [0.717, 1.165) is 26.0 Å². The summed E-state index contributed by atoms with van der Waals surface area (Å²) >= 11 is 0. The number of hydrogen-bond donors (Lipinski definition) is 25. The Balaban J connectivity index is 1.87. The van der Waals surface area contributed by atoms with E-state index in [9.17, 15) is 138 Å². The van der Waals surface area contributed by atoms with Gasteiger partial charge in [-0.3, -0.25) is 72.3 Å². The fourth-order valence-electron chi connectivity index (χ4n) is 9.14. The molecule has 0 aromatic carbocycles. The topological polar surface area (TPSA) is 708 Å². The molecule has 0 fully saturated rings. The zero-order valence-corrected chi connectivity index (χ0v) is 52.0. The standard InChI is InChI=1S/C54H79N15O28/c1-20(72)11-37(80)68(97)10-4-5-24(61-47(87)27(14-38(81)82)63-50(90)30-7-9-57-44-26(59-35(78)16-34(77)43(56)84)12-23-13-32(75)33(76)15-31(23)69(30)44)45(85)62-25(6-8-55)46(86)65-39(21(2)73)51(91)58-17-36(79)60-28(18-70)48(88)64-29(19-71)49(89)67-41(42(83)54(95)96)52(92)66-40(22(3)74)53(93)94/h12-13,15,20-22,24-25,27-30,34,39-42,57,70-75,77,83,97H,4-11,14,16-19,55H2,1-3H3,(H2,56,84)(H,58,91)(H,59,78)(H,60,79)(H,61,87)(H,62,85)(H,63,90)(H,64,88)(H,65,86)(H,66,92)(H,67,89)(H,81,82)(H,93,94)(H,95,96)/t20-,21-,22-,24-,25-,27+,28+,29+,30+,34+,39+,40+,41+,42+/m1/s1. The Kier molecular flexibility index (Phi) is 31.5. The number of aromatic hydroxyl groups is 1. The highest BCUT2D eigenvalue weighted by molar-refractivity contribution is 6.01. The molecule has 97 heavy (non-hydrogen) atoms. The summed E-state index contributed by atoms with van der Waals surface area (Å²) in [7, 11) is 0. The van der Waals surface area contributed by atoms with Crippen molar-refractivity contribution in [1.29, 1.82) is 0 Å². The van der Waals surface area contributed by atoms with E-state index in [0.29, 0.717) is 0 Å². The van der Waals surface area contributed by atoms with Crippen LogP contribution in [0.3, 0.4) is 0 Å². The first-order valence-electron chi connectivity index (χ1n) is 29.3. The average molecular weight is 1390 g/mol. The highest BCUT2D eigenvalue weighted by Crippen LogP contribution is 2.40. The Morgan fingerprint density at radius 1 is 0.629 bits per heavy atom. The molecule has 0 radical (unpaired) electrons. The minimum atomic E-state index is -2.79. The summed E-state index contributed by atoms with van der Waals surface area (Å²) in [4.78, 5) is 207. The van der Waals surface area contributed by atoms with Gasteiger partial charge in [0.2, 0.25) is 76.3 Å². The molecule has 0 aromatic heterocycles. The molecule has 12 amide bonds. The highest BCUT2D eigenvalue weighted by Gasteiger charge is 2.41. The van der Waals surface area contributed by atoms with E-state index < -0.39 is 250 Å². The quantitative estimate of drug-likeness (QED) is 0.0218. The smallest absolute Gasteiger partial charge is 0.335 e. The van der Waals surface area contributed by atoms with Crippen molar-refractivity contribution in [3.63, 3.8) is 0 Å². The number of nitrogens with zero attached hydrogens (tertiary/aromatic N) is 2. The van der Waals surface area contributed by atoms with Crippen LogP contribution in [0.15, 0.2) is 23.0 Å². The number of benzene rings is 1. The lowest BCUT2D eigenvalue weighted by Gasteiger charge is -2.34. The van der Waals surface area contributed by atoms with Crippen LogP contribution < -0.4 is 75.4 Å². The number of carboxylic acids is 3. The number of hydrogen-bond acceptors (Lipinski definition) is 27. The van der Waals surface area contributed by atoms with Crippen LogP contribution >= 0.6 is 0 Å². The third-order valence-corrected chi connectivity index (χ3v) is 14.2. The molecule has 43 nitrogen and oxygen atoms in total. The molecule has 0 saturated heterocycles. The molecular weight excluding hydrogens is 1310 g/mol. The molecule has 0 saturated carbocycles. The predicted molar refractivity (Wildman–Crippen MR) is 322 cm³/mol. The van der Waals surface area contributed by atoms with Gasteiger partial charge in [0, 0.05) is 24.7 Å². The largest absolute Gasteiger partial charge is 0.504 e. The molecule has 43 heteroatoms. The van der Waals surface area contributed by atoms with Gasteiger partial charge < -0.3 is 131 Å². The van der Waals surface area contributed by atoms with E-state index in [1.165, 1.54) is 17.6 Å². The number of aliphatic hydroxyl groups excluding tert-OH is 7. The number of aromatic nitrogens is 1. The number of carboxylic acid groups (broad SMARTS) is 3. The molecule has 14 atom stereocenters. The number of aliphatic hydroxyl groups is 7. The lowest BCUT2D eigenvalue weighted by molar-refractivity contribution is -0.167. The number of phenols is 1. The summed E-state index contributed by atoms with van der Waals surface area (Å²) in [6.07, 6.45) is -13.8. The van der Waals surface area contributed by atoms with Crippen molar-refractivity contribution in [2.45, 2.75) is 151 Å². The van der Waals surface area contributed by atoms with E-state index in [-0.39, 0.29) is 47.2 Å². The summed E-state index contributed by atoms with van der Waals surface area (Å²) in [5.41, 5.74) is 9.75. The fourth-order valence-corrected chi connectivity index (χ4v) is 9.14. The van der Waals surface area contributed by atoms with Gasteiger partial charge in [-0.25, -0.2) is 14.7 Å². The second-order valence-corrected chi connectivity index (χ2v) is 22.0. The maximum Gasteiger partial charge on any atom is 0.335 e. The van der Waals surface area contributed by atoms with E-state index in [2.05, 4.69) is 31.9 Å². The normalized spacial score (nSPS) is 16.5. The molecule has 0 aromatic rings. The van der Waals surface area contributed by atoms with E-state index in [1.807, 2.05) is 16.0 Å². The number of anilines is 2. The van der Waals surface area contributed by atoms with Crippen LogP contribution in [0.4, 0.5) is 11.5 Å². The Morgan fingerprint density at radius 3 is 1.71 bits per heavy atom. The third-order valence-electron chi connectivity index (χ3n) is 14.2. The molecule has 0 bridgehead atoms. The molecule has 538 valence electrons. The molecule has 27 N–H and O–H groups in total. The number of fused-ring (bicyclic) bond motifs is 3. The number of aliphatic carboxylic acids is 3. The number of hydroxylamine groups is 2. The molecule has 3 rings (SSSR count). The number of nitrogens with two attached hydrogens (primary N) is 2. The maximum atomic E-state index is 14.4. The molecule has 3 aliphatic rings. The van der Waals surface area contributed by atoms with Gasteiger partial charge in [0.1, 0.15) is 60.3 Å². The van der Waals surface area contributed by atoms with Gasteiger partial charge in [-0.2, -0.15) is 0 Å². The van der Waals surface area contributed by atoms with E-state index in [1.54, 1.807) is 10.6 Å². The maximum absolute atomic E-state index is 14.4. The molecule has 0 spiro atoms. The Morgan fingerprint density at radius 2 is 1.16 bits per heavy atom. The number of phenolic OH excluding ortho intramolecular Hbond substituents is 1. The molecule has 0 unspecified atom stereocenters. The van der Waals surface area contributed by atoms with Crippen LogP contribution in [0.2, 0.25) is 0 Å². The number of carbonyl (C=O) groups excluding carboxylic acids is 12. The molecule has 1 aliphatic carbocycles. The van der Waals surface area contributed by atoms with Crippen molar-refractivity contribution in [2.75, 3.05) is 50.0 Å². The molecule has 2 aliphatic heterocycles. The Labute approximate surface area is 547 Å². The number of rotatable bonds is 39. The van der Waals surface area contributed by atoms with Gasteiger partial charge in [0.05, 0.1) is 68.7 Å². The number of amides is 12. The summed E-state index contributed by atoms with van der Waals surface area (Å²) in [6.45, 7) is -1.67. The van der Waals surface area contributed by atoms with Gasteiger partial charge in [0.15, 0.2) is 17.9 Å². The zero-order valence-electron chi connectivity index (χ0n) is 52.0. The lowest BCUT2D eigenvalue weighted by atomic mass is 10.0. The summed E-state index contributed by atoms with van der Waals surface area (Å²) in [5, 5.41) is 143. The first-order chi connectivity index (χ1) is 45.4. The van der Waals surface area contributed by atoms with Gasteiger partial charge in [-0.1, -0.05) is 0 Å². The van der Waals surface area contributed by atoms with E-state index in [4.69, 9.17) is 11.5 Å². The van der Waals surface area contributed by atoms with Crippen molar-refractivity contribution in [3.8, 4) is 17.0 Å². The van der Waals surface area contributed by atoms with Crippen LogP contribution in [0.5, 0.6) is 5.75 Å². The summed E-state index contributed by atoms with van der Waals surface area (Å²) in [5.74, 6) is -22.1. The first-order valence-corrected chi connectivity index (χ1v) is 29.3. The van der Waals surface area contributed by atoms with Crippen LogP contribution in [0.1, 0.15) is 71.8 Å². The van der Waals surface area contributed by atoms with Crippen molar-refractivity contribution in [3.05, 3.63) is 28.4 Å². The van der Waals surface area contributed by atoms with Gasteiger partial charge in [-0.15, -0.1) is 0 Å². The Bertz CT molecular complexity index is 3270. The van der Waals surface area contributed by atoms with Crippen LogP contribution in [0.25, 0.3) is 11.3 Å². The van der Waals surface area contributed by atoms with Crippen molar-refractivity contribution in [1.82, 2.24) is 57.5 Å². The monoisotopic (exact) mass is 1390 g/mol. The van der Waals surface area contributed by atoms with Crippen LogP contribution in [-0.4, -0.2) is 278 Å². The van der Waals surface area contributed by atoms with Crippen molar-refractivity contribution < 1.29 is 133 Å².